The van der Waals surface area contributed by atoms with Crippen LogP contribution in [-0.4, -0.2) is 12.6 Å². The lowest BCUT2D eigenvalue weighted by Crippen LogP contribution is -2.37. The van der Waals surface area contributed by atoms with Gasteiger partial charge in [0, 0.05) is 6.04 Å². The third kappa shape index (κ3) is 3.82. The summed E-state index contributed by atoms with van der Waals surface area (Å²) in [6.07, 6.45) is 8.34. The third-order valence-corrected chi connectivity index (χ3v) is 5.73. The van der Waals surface area contributed by atoms with Crippen molar-refractivity contribution in [2.24, 2.45) is 17.3 Å². The van der Waals surface area contributed by atoms with Crippen LogP contribution in [0.5, 0.6) is 0 Å². The average molecular weight is 277 g/mol. The van der Waals surface area contributed by atoms with Crippen LogP contribution in [-0.2, 0) is 6.42 Å². The molecule has 1 heterocycles. The maximum atomic E-state index is 3.77. The molecule has 0 aliphatic heterocycles. The van der Waals surface area contributed by atoms with E-state index in [-0.39, 0.29) is 0 Å². The Hall–Kier alpha value is -0.340. The van der Waals surface area contributed by atoms with Crippen LogP contribution in [0.4, 0.5) is 0 Å². The van der Waals surface area contributed by atoms with Gasteiger partial charge in [-0.15, -0.1) is 0 Å². The van der Waals surface area contributed by atoms with Gasteiger partial charge >= 0.3 is 0 Å². The van der Waals surface area contributed by atoms with Crippen molar-refractivity contribution in [2.45, 2.75) is 58.4 Å². The molecule has 0 amide bonds. The second kappa shape index (κ2) is 5.57. The molecule has 2 unspecified atom stereocenters. The van der Waals surface area contributed by atoms with Crippen molar-refractivity contribution in [1.29, 1.82) is 0 Å². The summed E-state index contributed by atoms with van der Waals surface area (Å²) >= 11 is 1.84. The molecule has 0 spiro atoms. The van der Waals surface area contributed by atoms with Crippen LogP contribution in [0.25, 0.3) is 0 Å². The Morgan fingerprint density at radius 1 is 1.26 bits per heavy atom. The Labute approximate surface area is 121 Å². The second-order valence-corrected chi connectivity index (χ2v) is 8.23. The van der Waals surface area contributed by atoms with Gasteiger partial charge in [-0.1, -0.05) is 13.8 Å². The highest BCUT2D eigenvalue weighted by Crippen LogP contribution is 2.43. The van der Waals surface area contributed by atoms with E-state index in [0.29, 0.717) is 5.41 Å². The van der Waals surface area contributed by atoms with Crippen LogP contribution in [0.3, 0.4) is 0 Å². The van der Waals surface area contributed by atoms with Crippen molar-refractivity contribution < 1.29 is 0 Å². The van der Waals surface area contributed by atoms with Crippen molar-refractivity contribution in [3.8, 4) is 0 Å². The van der Waals surface area contributed by atoms with Gasteiger partial charge in [-0.25, -0.2) is 0 Å². The summed E-state index contributed by atoms with van der Waals surface area (Å²) in [5.74, 6) is 1.78. The van der Waals surface area contributed by atoms with Gasteiger partial charge in [0.1, 0.15) is 0 Å². The molecule has 0 bridgehead atoms. The molecule has 2 aliphatic rings. The summed E-state index contributed by atoms with van der Waals surface area (Å²) in [7, 11) is 0. The van der Waals surface area contributed by atoms with E-state index in [2.05, 4.69) is 36.0 Å². The van der Waals surface area contributed by atoms with E-state index in [1.165, 1.54) is 45.1 Å². The molecule has 2 fully saturated rings. The molecule has 2 heteroatoms. The zero-order valence-corrected chi connectivity index (χ0v) is 13.1. The van der Waals surface area contributed by atoms with Gasteiger partial charge in [-0.05, 0) is 84.7 Å². The molecular formula is C17H27NS. The fraction of sp³-hybridized carbons (Fsp3) is 0.765. The Balaban J connectivity index is 1.62. The van der Waals surface area contributed by atoms with E-state index in [1.807, 2.05) is 11.3 Å². The van der Waals surface area contributed by atoms with E-state index >= 15 is 0 Å². The van der Waals surface area contributed by atoms with E-state index in [0.717, 1.165) is 17.9 Å². The van der Waals surface area contributed by atoms with Crippen molar-refractivity contribution in [3.63, 3.8) is 0 Å². The molecular weight excluding hydrogens is 250 g/mol. The normalized spacial score (nSPS) is 30.4. The maximum Gasteiger partial charge on any atom is 0.00683 e. The van der Waals surface area contributed by atoms with Crippen LogP contribution in [0.2, 0.25) is 0 Å². The Kier molecular flexibility index (Phi) is 4.00. The van der Waals surface area contributed by atoms with Gasteiger partial charge in [-0.3, -0.25) is 0 Å². The smallest absolute Gasteiger partial charge is 0.00683 e. The molecule has 19 heavy (non-hydrogen) atoms. The highest BCUT2D eigenvalue weighted by atomic mass is 32.1. The minimum atomic E-state index is 0.552. The minimum Gasteiger partial charge on any atom is -0.314 e. The van der Waals surface area contributed by atoms with Gasteiger partial charge in [-0.2, -0.15) is 11.3 Å². The number of nitrogens with one attached hydrogen (secondary N) is 1. The monoisotopic (exact) mass is 277 g/mol. The zero-order chi connectivity index (χ0) is 13.3. The van der Waals surface area contributed by atoms with Crippen molar-refractivity contribution in [2.75, 3.05) is 6.54 Å². The largest absolute Gasteiger partial charge is 0.314 e. The van der Waals surface area contributed by atoms with E-state index in [1.54, 1.807) is 5.56 Å². The zero-order valence-electron chi connectivity index (χ0n) is 12.3. The standard InChI is InChI=1S/C17H27NS/c1-17(2)7-5-14(11-18-16-3-4-16)15(10-17)9-13-6-8-19-12-13/h6,8,12,14-16,18H,3-5,7,9-11H2,1-2H3. The maximum absolute atomic E-state index is 3.77. The summed E-state index contributed by atoms with van der Waals surface area (Å²) < 4.78 is 0. The lowest BCUT2D eigenvalue weighted by molar-refractivity contribution is 0.116. The molecule has 106 valence electrons. The Morgan fingerprint density at radius 3 is 2.79 bits per heavy atom. The molecule has 0 aromatic carbocycles. The highest BCUT2D eigenvalue weighted by molar-refractivity contribution is 7.07. The molecule has 1 nitrogen and oxygen atoms in total. The topological polar surface area (TPSA) is 12.0 Å². The summed E-state index contributed by atoms with van der Waals surface area (Å²) in [4.78, 5) is 0. The first-order chi connectivity index (χ1) is 9.12. The van der Waals surface area contributed by atoms with Gasteiger partial charge in [0.15, 0.2) is 0 Å². The molecule has 1 aromatic heterocycles. The van der Waals surface area contributed by atoms with Gasteiger partial charge in [0.05, 0.1) is 0 Å². The summed E-state index contributed by atoms with van der Waals surface area (Å²) in [5.41, 5.74) is 2.11. The Bertz CT molecular complexity index is 389. The quantitative estimate of drug-likeness (QED) is 0.836. The van der Waals surface area contributed by atoms with Gasteiger partial charge < -0.3 is 5.32 Å². The molecule has 2 atom stereocenters. The molecule has 2 saturated carbocycles. The minimum absolute atomic E-state index is 0.552. The van der Waals surface area contributed by atoms with E-state index in [4.69, 9.17) is 0 Å². The van der Waals surface area contributed by atoms with Gasteiger partial charge in [0.25, 0.3) is 0 Å². The van der Waals surface area contributed by atoms with Crippen molar-refractivity contribution in [3.05, 3.63) is 22.4 Å². The SMILES string of the molecule is CC1(C)CCC(CNC2CC2)C(Cc2ccsc2)C1. The number of rotatable bonds is 5. The molecule has 0 saturated heterocycles. The number of thiophene rings is 1. The lowest BCUT2D eigenvalue weighted by atomic mass is 9.65. The molecule has 2 aliphatic carbocycles. The van der Waals surface area contributed by atoms with Crippen LogP contribution in [0.15, 0.2) is 16.8 Å². The first kappa shape index (κ1) is 13.6. The third-order valence-electron chi connectivity index (χ3n) is 5.00. The summed E-state index contributed by atoms with van der Waals surface area (Å²) in [6.45, 7) is 6.17. The Morgan fingerprint density at radius 2 is 2.11 bits per heavy atom. The fourth-order valence-electron chi connectivity index (χ4n) is 3.61. The molecule has 1 N–H and O–H groups in total. The number of hydrogen-bond acceptors (Lipinski definition) is 2. The van der Waals surface area contributed by atoms with Crippen LogP contribution in [0, 0.1) is 17.3 Å². The highest BCUT2D eigenvalue weighted by Gasteiger charge is 2.35. The van der Waals surface area contributed by atoms with Crippen molar-refractivity contribution >= 4 is 11.3 Å². The molecule has 0 radical (unpaired) electrons. The van der Waals surface area contributed by atoms with Crippen LogP contribution < -0.4 is 5.32 Å². The fourth-order valence-corrected chi connectivity index (χ4v) is 4.30. The summed E-state index contributed by atoms with van der Waals surface area (Å²) in [5, 5.41) is 8.33. The van der Waals surface area contributed by atoms with Crippen LogP contribution >= 0.6 is 11.3 Å². The van der Waals surface area contributed by atoms with E-state index < -0.39 is 0 Å². The first-order valence-corrected chi connectivity index (χ1v) is 8.81. The summed E-state index contributed by atoms with van der Waals surface area (Å²) in [6, 6.07) is 3.18. The van der Waals surface area contributed by atoms with Gasteiger partial charge in [0.2, 0.25) is 0 Å². The lowest BCUT2D eigenvalue weighted by Gasteiger charge is -2.41. The predicted molar refractivity (Wildman–Crippen MR) is 83.7 cm³/mol. The van der Waals surface area contributed by atoms with E-state index in [9.17, 15) is 0 Å². The average Bonchev–Trinajstić information content (AvgIpc) is 3.04. The second-order valence-electron chi connectivity index (χ2n) is 7.45. The van der Waals surface area contributed by atoms with Crippen LogP contribution in [0.1, 0.15) is 51.5 Å². The molecule has 1 aromatic rings. The number of hydrogen-bond donors (Lipinski definition) is 1. The first-order valence-electron chi connectivity index (χ1n) is 7.87. The predicted octanol–water partition coefficient (Wildman–Crippen LogP) is 4.49. The molecule has 3 rings (SSSR count). The van der Waals surface area contributed by atoms with Crippen molar-refractivity contribution in [1.82, 2.24) is 5.32 Å².